The van der Waals surface area contributed by atoms with Gasteiger partial charge in [-0.2, -0.15) is 8.97 Å². The van der Waals surface area contributed by atoms with E-state index in [0.29, 0.717) is 0 Å². The van der Waals surface area contributed by atoms with Crippen LogP contribution in [0.25, 0.3) is 39.5 Å². The molecule has 1 aliphatic rings. The highest BCUT2D eigenvalue weighted by atomic mass is 16.1. The molecule has 0 spiro atoms. The maximum absolute atomic E-state index is 13.8. The van der Waals surface area contributed by atoms with Crippen LogP contribution < -0.4 is 9.96 Å². The summed E-state index contributed by atoms with van der Waals surface area (Å²) in [5.41, 5.74) is 5.11. The van der Waals surface area contributed by atoms with E-state index in [0.717, 1.165) is 57.8 Å². The Morgan fingerprint density at radius 1 is 1.03 bits per heavy atom. The summed E-state index contributed by atoms with van der Waals surface area (Å²) in [7, 11) is 0. The molecule has 144 valence electrons. The minimum Gasteiger partial charge on any atom is -0.241 e. The van der Waals surface area contributed by atoms with Gasteiger partial charge in [-0.1, -0.05) is 63.4 Å². The molecule has 4 aromatic rings. The Bertz CT molecular complexity index is 1400. The van der Waals surface area contributed by atoms with Crippen molar-refractivity contribution in [2.45, 2.75) is 38.6 Å². The van der Waals surface area contributed by atoms with Crippen molar-refractivity contribution < 1.29 is 4.40 Å². The second-order valence-corrected chi connectivity index (χ2v) is 7.97. The normalized spacial score (nSPS) is 14.7. The first kappa shape index (κ1) is 17.9. The average Bonchev–Trinajstić information content (AvgIpc) is 2.77. The van der Waals surface area contributed by atoms with Crippen LogP contribution in [0.2, 0.25) is 0 Å². The third kappa shape index (κ3) is 2.08. The first-order valence-electron chi connectivity index (χ1n) is 10.3. The summed E-state index contributed by atoms with van der Waals surface area (Å²) in [4.78, 5) is 13.8. The zero-order chi connectivity index (χ0) is 20.3. The van der Waals surface area contributed by atoms with Crippen molar-refractivity contribution in [3.63, 3.8) is 0 Å². The molecule has 0 saturated carbocycles. The molecule has 2 aromatic heterocycles. The summed E-state index contributed by atoms with van der Waals surface area (Å²) < 4.78 is 4.32. The summed E-state index contributed by atoms with van der Waals surface area (Å²) in [6.07, 6.45) is 6.47. The van der Waals surface area contributed by atoms with Crippen LogP contribution in [0.5, 0.6) is 0 Å². The van der Waals surface area contributed by atoms with Crippen LogP contribution in [0.3, 0.4) is 0 Å². The number of para-hydroxylation sites is 1. The fourth-order valence-corrected chi connectivity index (χ4v) is 5.35. The molecule has 1 aliphatic heterocycles. The number of benzene rings is 2. The molecule has 29 heavy (non-hydrogen) atoms. The van der Waals surface area contributed by atoms with Crippen molar-refractivity contribution in [2.75, 3.05) is 0 Å². The number of hydrogen-bond donors (Lipinski definition) is 0. The predicted molar refractivity (Wildman–Crippen MR) is 121 cm³/mol. The van der Waals surface area contributed by atoms with Crippen molar-refractivity contribution in [1.82, 2.24) is 4.57 Å². The van der Waals surface area contributed by atoms with Crippen molar-refractivity contribution in [2.24, 2.45) is 0 Å². The Morgan fingerprint density at radius 2 is 1.76 bits per heavy atom. The minimum absolute atomic E-state index is 0.0986. The van der Waals surface area contributed by atoms with E-state index in [4.69, 9.17) is 0 Å². The quantitative estimate of drug-likeness (QED) is 0.350. The molecule has 0 amide bonds. The van der Waals surface area contributed by atoms with E-state index in [-0.39, 0.29) is 11.1 Å². The van der Waals surface area contributed by atoms with Gasteiger partial charge in [0.1, 0.15) is 22.1 Å². The number of fused-ring (bicyclic) bond motifs is 2. The molecular formula is C26H25N2O+. The monoisotopic (exact) mass is 381 g/mol. The van der Waals surface area contributed by atoms with Gasteiger partial charge in [0, 0.05) is 17.4 Å². The SMILES string of the molecule is C=Cc1c(C=C)[n+]2c3ccccc3c(=O)n3c2c2c(cccc12)CC3(CC)CC. The predicted octanol–water partition coefficient (Wildman–Crippen LogP) is 5.25. The van der Waals surface area contributed by atoms with Crippen LogP contribution in [0.1, 0.15) is 43.5 Å². The van der Waals surface area contributed by atoms with E-state index in [9.17, 15) is 4.79 Å². The van der Waals surface area contributed by atoms with Crippen molar-refractivity contribution >= 4 is 39.5 Å². The van der Waals surface area contributed by atoms with E-state index in [1.165, 1.54) is 5.56 Å². The number of pyridine rings is 1. The lowest BCUT2D eigenvalue weighted by Crippen LogP contribution is -2.50. The van der Waals surface area contributed by atoms with Crippen LogP contribution in [-0.4, -0.2) is 4.57 Å². The first-order valence-corrected chi connectivity index (χ1v) is 10.3. The number of nitrogens with zero attached hydrogens (tertiary/aromatic N) is 2. The lowest BCUT2D eigenvalue weighted by molar-refractivity contribution is -0.488. The molecule has 0 aliphatic carbocycles. The third-order valence-corrected chi connectivity index (χ3v) is 6.89. The van der Waals surface area contributed by atoms with Crippen LogP contribution in [0, 0.1) is 0 Å². The van der Waals surface area contributed by atoms with E-state index >= 15 is 0 Å². The molecule has 5 rings (SSSR count). The highest BCUT2D eigenvalue weighted by Crippen LogP contribution is 2.40. The van der Waals surface area contributed by atoms with E-state index in [1.807, 2.05) is 36.4 Å². The van der Waals surface area contributed by atoms with Gasteiger partial charge in [-0.05, 0) is 36.6 Å². The average molecular weight is 381 g/mol. The minimum atomic E-state index is -0.234. The smallest absolute Gasteiger partial charge is 0.241 e. The highest BCUT2D eigenvalue weighted by molar-refractivity contribution is 6.02. The molecular weight excluding hydrogens is 356 g/mol. The second kappa shape index (κ2) is 6.15. The lowest BCUT2D eigenvalue weighted by atomic mass is 9.80. The van der Waals surface area contributed by atoms with Gasteiger partial charge in [0.2, 0.25) is 0 Å². The number of hydrogen-bond acceptors (Lipinski definition) is 1. The Balaban J connectivity index is 2.27. The molecule has 3 nitrogen and oxygen atoms in total. The molecule has 0 fully saturated rings. The summed E-state index contributed by atoms with van der Waals surface area (Å²) >= 11 is 0. The molecule has 3 heterocycles. The first-order chi connectivity index (χ1) is 14.1. The van der Waals surface area contributed by atoms with Gasteiger partial charge in [-0.15, -0.1) is 0 Å². The largest absolute Gasteiger partial charge is 0.346 e. The fraction of sp³-hybridized carbons (Fsp3) is 0.231. The van der Waals surface area contributed by atoms with E-state index < -0.39 is 0 Å². The Hall–Kier alpha value is -3.20. The zero-order valence-electron chi connectivity index (χ0n) is 17.0. The highest BCUT2D eigenvalue weighted by Gasteiger charge is 2.43. The van der Waals surface area contributed by atoms with Crippen LogP contribution >= 0.6 is 0 Å². The van der Waals surface area contributed by atoms with Crippen LogP contribution in [0.15, 0.2) is 60.4 Å². The van der Waals surface area contributed by atoms with Gasteiger partial charge in [-0.3, -0.25) is 0 Å². The molecule has 0 bridgehead atoms. The second-order valence-electron chi connectivity index (χ2n) is 7.97. The summed E-state index contributed by atoms with van der Waals surface area (Å²) in [5, 5.41) is 3.04. The van der Waals surface area contributed by atoms with Crippen LogP contribution in [0.4, 0.5) is 0 Å². The zero-order valence-corrected chi connectivity index (χ0v) is 17.0. The topological polar surface area (TPSA) is 26.1 Å². The third-order valence-electron chi connectivity index (χ3n) is 6.89. The summed E-state index contributed by atoms with van der Waals surface area (Å²) in [5.74, 6) is 0. The van der Waals surface area contributed by atoms with E-state index in [2.05, 4.69) is 54.2 Å². The number of rotatable bonds is 4. The molecule has 0 saturated heterocycles. The Kier molecular flexibility index (Phi) is 3.79. The molecule has 0 unspecified atom stereocenters. The Morgan fingerprint density at radius 3 is 2.45 bits per heavy atom. The summed E-state index contributed by atoms with van der Waals surface area (Å²) in [6.45, 7) is 12.6. The van der Waals surface area contributed by atoms with Gasteiger partial charge >= 0.3 is 5.56 Å². The van der Waals surface area contributed by atoms with Gasteiger partial charge in [0.15, 0.2) is 0 Å². The summed E-state index contributed by atoms with van der Waals surface area (Å²) in [6, 6.07) is 14.4. The molecule has 3 heteroatoms. The van der Waals surface area contributed by atoms with Gasteiger partial charge < -0.3 is 0 Å². The lowest BCUT2D eigenvalue weighted by Gasteiger charge is -2.34. The van der Waals surface area contributed by atoms with Crippen LogP contribution in [-0.2, 0) is 12.0 Å². The molecule has 0 radical (unpaired) electrons. The standard InChI is InChI=1S/C26H25N2O/c1-5-18-19-14-11-12-17-16-26(7-3,8-4)28-24(23(17)19)27(21(18)6-2)22-15-10-9-13-20(22)25(28)29/h5-6,9-15H,1-2,7-8,16H2,3-4H3/q+1. The molecule has 0 atom stereocenters. The van der Waals surface area contributed by atoms with E-state index in [1.54, 1.807) is 0 Å². The molecule has 0 N–H and O–H groups in total. The van der Waals surface area contributed by atoms with Gasteiger partial charge in [-0.25, -0.2) is 4.79 Å². The maximum atomic E-state index is 13.8. The molecule has 2 aromatic carbocycles. The van der Waals surface area contributed by atoms with Crippen molar-refractivity contribution in [3.05, 3.63) is 82.8 Å². The fourth-order valence-electron chi connectivity index (χ4n) is 5.35. The van der Waals surface area contributed by atoms with Gasteiger partial charge in [0.05, 0.1) is 5.39 Å². The van der Waals surface area contributed by atoms with Gasteiger partial charge in [0.25, 0.3) is 5.65 Å². The van der Waals surface area contributed by atoms with Crippen molar-refractivity contribution in [1.29, 1.82) is 0 Å². The van der Waals surface area contributed by atoms with Crippen molar-refractivity contribution in [3.8, 4) is 0 Å². The maximum Gasteiger partial charge on any atom is 0.346 e. The Labute approximate surface area is 170 Å². The number of aromatic nitrogens is 2.